The predicted octanol–water partition coefficient (Wildman–Crippen LogP) is 3.41. The van der Waals surface area contributed by atoms with Crippen molar-refractivity contribution in [1.82, 2.24) is 5.32 Å². The van der Waals surface area contributed by atoms with Gasteiger partial charge in [0.2, 0.25) is 11.8 Å². The summed E-state index contributed by atoms with van der Waals surface area (Å²) in [6.45, 7) is 0. The van der Waals surface area contributed by atoms with Crippen LogP contribution in [0.2, 0.25) is 5.02 Å². The summed E-state index contributed by atoms with van der Waals surface area (Å²) < 4.78 is 26.2. The molecule has 1 aromatic carbocycles. The zero-order valence-corrected chi connectivity index (χ0v) is 12.4. The van der Waals surface area contributed by atoms with Crippen LogP contribution in [-0.2, 0) is 9.59 Å². The van der Waals surface area contributed by atoms with Crippen LogP contribution in [0.25, 0.3) is 0 Å². The molecule has 1 fully saturated rings. The first-order valence-electron chi connectivity index (χ1n) is 6.95. The fourth-order valence-corrected chi connectivity index (χ4v) is 2.63. The number of carboxylic acid groups (broad SMARTS) is 1. The summed E-state index contributed by atoms with van der Waals surface area (Å²) in [7, 11) is 0. The standard InChI is InChI=1S/C15H16ClF2NO3/c16-11-3-1-9(2-4-11)12(14(21)22)19-13(20)10-5-7-15(17,18)8-6-10/h1-4,10,12H,5-8H2,(H,19,20)(H,21,22). The molecule has 0 saturated heterocycles. The number of carbonyl (C=O) groups excluding carboxylic acids is 1. The normalized spacial score (nSPS) is 19.4. The van der Waals surface area contributed by atoms with E-state index in [0.717, 1.165) is 0 Å². The van der Waals surface area contributed by atoms with Gasteiger partial charge < -0.3 is 10.4 Å². The third kappa shape index (κ3) is 4.16. The van der Waals surface area contributed by atoms with Gasteiger partial charge in [-0.2, -0.15) is 0 Å². The van der Waals surface area contributed by atoms with Crippen LogP contribution in [0.4, 0.5) is 8.78 Å². The van der Waals surface area contributed by atoms with Crippen LogP contribution in [0.15, 0.2) is 24.3 Å². The molecule has 1 aliphatic rings. The van der Waals surface area contributed by atoms with E-state index in [-0.39, 0.29) is 25.7 Å². The minimum atomic E-state index is -2.72. The van der Waals surface area contributed by atoms with Gasteiger partial charge in [0, 0.05) is 23.8 Å². The van der Waals surface area contributed by atoms with E-state index >= 15 is 0 Å². The molecule has 1 unspecified atom stereocenters. The van der Waals surface area contributed by atoms with Crippen LogP contribution >= 0.6 is 11.6 Å². The Hall–Kier alpha value is -1.69. The molecular formula is C15H16ClF2NO3. The molecule has 1 aromatic rings. The fraction of sp³-hybridized carbons (Fsp3) is 0.467. The third-order valence-electron chi connectivity index (χ3n) is 3.82. The van der Waals surface area contributed by atoms with Crippen LogP contribution in [-0.4, -0.2) is 22.9 Å². The van der Waals surface area contributed by atoms with Crippen molar-refractivity contribution >= 4 is 23.5 Å². The van der Waals surface area contributed by atoms with E-state index in [9.17, 15) is 23.5 Å². The minimum absolute atomic E-state index is 0.0613. The molecule has 120 valence electrons. The fourth-order valence-electron chi connectivity index (χ4n) is 2.51. The first kappa shape index (κ1) is 16.7. The van der Waals surface area contributed by atoms with Crippen molar-refractivity contribution in [2.24, 2.45) is 5.92 Å². The molecule has 1 aliphatic carbocycles. The zero-order chi connectivity index (χ0) is 16.3. The summed E-state index contributed by atoms with van der Waals surface area (Å²) in [5.41, 5.74) is 0.381. The predicted molar refractivity (Wildman–Crippen MR) is 76.9 cm³/mol. The van der Waals surface area contributed by atoms with Gasteiger partial charge in [0.1, 0.15) is 0 Å². The van der Waals surface area contributed by atoms with Crippen molar-refractivity contribution in [2.45, 2.75) is 37.6 Å². The van der Waals surface area contributed by atoms with E-state index in [4.69, 9.17) is 11.6 Å². The quantitative estimate of drug-likeness (QED) is 0.888. The lowest BCUT2D eigenvalue weighted by Gasteiger charge is -2.28. The Balaban J connectivity index is 2.04. The molecule has 2 rings (SSSR count). The lowest BCUT2D eigenvalue weighted by Crippen LogP contribution is -2.40. The monoisotopic (exact) mass is 331 g/mol. The Kier molecular flexibility index (Phi) is 5.01. The number of halogens is 3. The smallest absolute Gasteiger partial charge is 0.330 e. The lowest BCUT2D eigenvalue weighted by atomic mass is 9.86. The number of aliphatic carboxylic acids is 1. The van der Waals surface area contributed by atoms with Crippen LogP contribution in [0.1, 0.15) is 37.3 Å². The number of carboxylic acids is 1. The summed E-state index contributed by atoms with van der Waals surface area (Å²) >= 11 is 5.74. The molecule has 1 atom stereocenters. The van der Waals surface area contributed by atoms with Gasteiger partial charge in [0.25, 0.3) is 0 Å². The second kappa shape index (κ2) is 6.60. The van der Waals surface area contributed by atoms with Gasteiger partial charge in [-0.05, 0) is 30.5 Å². The van der Waals surface area contributed by atoms with Crippen LogP contribution in [0, 0.1) is 5.92 Å². The van der Waals surface area contributed by atoms with Crippen molar-refractivity contribution in [2.75, 3.05) is 0 Å². The summed E-state index contributed by atoms with van der Waals surface area (Å²) in [6, 6.07) is 4.86. The maximum Gasteiger partial charge on any atom is 0.330 e. The van der Waals surface area contributed by atoms with E-state index in [1.807, 2.05) is 0 Å². The second-order valence-electron chi connectivity index (χ2n) is 5.46. The highest BCUT2D eigenvalue weighted by Gasteiger charge is 2.38. The number of nitrogens with one attached hydrogen (secondary N) is 1. The summed E-state index contributed by atoms with van der Waals surface area (Å²) in [4.78, 5) is 23.5. The molecule has 4 nitrogen and oxygen atoms in total. The maximum absolute atomic E-state index is 13.1. The Morgan fingerprint density at radius 1 is 1.23 bits per heavy atom. The lowest BCUT2D eigenvalue weighted by molar-refractivity contribution is -0.143. The van der Waals surface area contributed by atoms with Gasteiger partial charge in [0.15, 0.2) is 6.04 Å². The number of benzene rings is 1. The second-order valence-corrected chi connectivity index (χ2v) is 5.90. The average molecular weight is 332 g/mol. The molecule has 1 saturated carbocycles. The van der Waals surface area contributed by atoms with E-state index in [2.05, 4.69) is 5.32 Å². The topological polar surface area (TPSA) is 66.4 Å². The SMILES string of the molecule is O=C(NC(C(=O)O)c1ccc(Cl)cc1)C1CCC(F)(F)CC1. The third-order valence-corrected chi connectivity index (χ3v) is 4.08. The van der Waals surface area contributed by atoms with Crippen molar-refractivity contribution in [3.8, 4) is 0 Å². The number of hydrogen-bond donors (Lipinski definition) is 2. The number of hydrogen-bond acceptors (Lipinski definition) is 2. The Bertz CT molecular complexity index is 552. The Morgan fingerprint density at radius 2 is 1.77 bits per heavy atom. The maximum atomic E-state index is 13.1. The summed E-state index contributed by atoms with van der Waals surface area (Å²) in [6.07, 6.45) is -0.564. The van der Waals surface area contributed by atoms with Crippen LogP contribution in [0.3, 0.4) is 0 Å². The van der Waals surface area contributed by atoms with Crippen molar-refractivity contribution < 1.29 is 23.5 Å². The Morgan fingerprint density at radius 3 is 2.27 bits per heavy atom. The van der Waals surface area contributed by atoms with Gasteiger partial charge in [-0.15, -0.1) is 0 Å². The molecular weight excluding hydrogens is 316 g/mol. The Labute approximate surface area is 131 Å². The number of amides is 1. The number of carbonyl (C=O) groups is 2. The van der Waals surface area contributed by atoms with Gasteiger partial charge in [-0.1, -0.05) is 23.7 Å². The van der Waals surface area contributed by atoms with Gasteiger partial charge in [0.05, 0.1) is 0 Å². The number of alkyl halides is 2. The highest BCUT2D eigenvalue weighted by atomic mass is 35.5. The van der Waals surface area contributed by atoms with Gasteiger partial charge >= 0.3 is 5.97 Å². The molecule has 1 amide bonds. The largest absolute Gasteiger partial charge is 0.479 e. The molecule has 0 aliphatic heterocycles. The van der Waals surface area contributed by atoms with E-state index in [1.165, 1.54) is 24.3 Å². The first-order chi connectivity index (χ1) is 10.3. The van der Waals surface area contributed by atoms with Crippen molar-refractivity contribution in [1.29, 1.82) is 0 Å². The molecule has 0 aromatic heterocycles. The van der Waals surface area contributed by atoms with Crippen LogP contribution in [0.5, 0.6) is 0 Å². The average Bonchev–Trinajstić information content (AvgIpc) is 2.45. The molecule has 0 heterocycles. The van der Waals surface area contributed by atoms with E-state index in [1.54, 1.807) is 0 Å². The molecule has 7 heteroatoms. The molecule has 0 bridgehead atoms. The highest BCUT2D eigenvalue weighted by Crippen LogP contribution is 2.36. The molecule has 0 radical (unpaired) electrons. The van der Waals surface area contributed by atoms with Gasteiger partial charge in [-0.3, -0.25) is 4.79 Å². The first-order valence-corrected chi connectivity index (χ1v) is 7.33. The highest BCUT2D eigenvalue weighted by molar-refractivity contribution is 6.30. The molecule has 0 spiro atoms. The van der Waals surface area contributed by atoms with Gasteiger partial charge in [-0.25, -0.2) is 13.6 Å². The van der Waals surface area contributed by atoms with E-state index < -0.39 is 29.8 Å². The summed E-state index contributed by atoms with van der Waals surface area (Å²) in [5.74, 6) is -5.01. The molecule has 2 N–H and O–H groups in total. The van der Waals surface area contributed by atoms with E-state index in [0.29, 0.717) is 10.6 Å². The van der Waals surface area contributed by atoms with Crippen molar-refractivity contribution in [3.05, 3.63) is 34.9 Å². The minimum Gasteiger partial charge on any atom is -0.479 e. The van der Waals surface area contributed by atoms with Crippen LogP contribution < -0.4 is 5.32 Å². The molecule has 22 heavy (non-hydrogen) atoms. The zero-order valence-electron chi connectivity index (χ0n) is 11.7. The number of rotatable bonds is 4. The summed E-state index contributed by atoms with van der Waals surface area (Å²) in [5, 5.41) is 12.1. The van der Waals surface area contributed by atoms with Crippen molar-refractivity contribution in [3.63, 3.8) is 0 Å².